The summed E-state index contributed by atoms with van der Waals surface area (Å²) in [5.74, 6) is -2.32. The Morgan fingerprint density at radius 1 is 1.15 bits per heavy atom. The van der Waals surface area contributed by atoms with Gasteiger partial charge >= 0.3 is 0 Å². The number of amides is 2. The van der Waals surface area contributed by atoms with Crippen LogP contribution < -0.4 is 5.32 Å². The van der Waals surface area contributed by atoms with Crippen LogP contribution >= 0.6 is 0 Å². The van der Waals surface area contributed by atoms with Crippen molar-refractivity contribution in [2.75, 3.05) is 11.9 Å². The summed E-state index contributed by atoms with van der Waals surface area (Å²) in [6.07, 6.45) is -0.333. The van der Waals surface area contributed by atoms with E-state index >= 15 is 0 Å². The Kier molecular flexibility index (Phi) is 5.51. The van der Waals surface area contributed by atoms with Gasteiger partial charge in [0.25, 0.3) is 0 Å². The van der Waals surface area contributed by atoms with Gasteiger partial charge in [-0.25, -0.2) is 8.78 Å². The zero-order chi connectivity index (χ0) is 19.6. The number of aliphatic hydroxyl groups excluding tert-OH is 1. The molecule has 2 aromatic rings. The van der Waals surface area contributed by atoms with Gasteiger partial charge in [0.1, 0.15) is 0 Å². The summed E-state index contributed by atoms with van der Waals surface area (Å²) in [4.78, 5) is 25.3. The molecule has 1 heterocycles. The molecule has 0 saturated carbocycles. The van der Waals surface area contributed by atoms with Crippen molar-refractivity contribution >= 4 is 17.5 Å². The van der Waals surface area contributed by atoms with Crippen LogP contribution in [0, 0.1) is 11.6 Å². The van der Waals surface area contributed by atoms with Gasteiger partial charge in [-0.2, -0.15) is 0 Å². The molecule has 142 valence electrons. The lowest BCUT2D eigenvalue weighted by molar-refractivity contribution is -0.131. The summed E-state index contributed by atoms with van der Waals surface area (Å²) in [6.45, 7) is 1.56. The third kappa shape index (κ3) is 4.49. The zero-order valence-electron chi connectivity index (χ0n) is 14.8. The minimum absolute atomic E-state index is 0.104. The second kappa shape index (κ2) is 7.84. The van der Waals surface area contributed by atoms with Gasteiger partial charge < -0.3 is 15.3 Å². The first-order valence-electron chi connectivity index (χ1n) is 8.62. The van der Waals surface area contributed by atoms with Crippen LogP contribution in [0.2, 0.25) is 0 Å². The number of β-amino-alcohol motifs (C(OH)–C–C–N with tert-alkyl or cyclic N) is 1. The van der Waals surface area contributed by atoms with Gasteiger partial charge in [0, 0.05) is 19.2 Å². The summed E-state index contributed by atoms with van der Waals surface area (Å²) in [5, 5.41) is 12.6. The highest BCUT2D eigenvalue weighted by Gasteiger charge is 2.35. The number of anilines is 1. The predicted octanol–water partition coefficient (Wildman–Crippen LogP) is 2.80. The van der Waals surface area contributed by atoms with E-state index in [4.69, 9.17) is 0 Å². The molecule has 2 amide bonds. The molecule has 2 aromatic carbocycles. The minimum Gasteiger partial charge on any atom is -0.391 e. The molecule has 27 heavy (non-hydrogen) atoms. The molecule has 3 rings (SSSR count). The van der Waals surface area contributed by atoms with Gasteiger partial charge in [0.15, 0.2) is 11.6 Å². The average molecular weight is 374 g/mol. The first kappa shape index (κ1) is 19.0. The van der Waals surface area contributed by atoms with E-state index in [1.54, 1.807) is 24.3 Å². The second-order valence-electron chi connectivity index (χ2n) is 6.68. The highest BCUT2D eigenvalue weighted by atomic mass is 19.2. The summed E-state index contributed by atoms with van der Waals surface area (Å²) in [7, 11) is 0. The maximum atomic E-state index is 13.6. The van der Waals surface area contributed by atoms with E-state index in [1.165, 1.54) is 17.9 Å². The number of carbonyl (C=O) groups is 2. The van der Waals surface area contributed by atoms with Gasteiger partial charge in [0.05, 0.1) is 18.6 Å². The maximum Gasteiger partial charge on any atom is 0.227 e. The van der Waals surface area contributed by atoms with E-state index in [0.29, 0.717) is 11.3 Å². The van der Waals surface area contributed by atoms with Crippen LogP contribution in [0.3, 0.4) is 0 Å². The lowest BCUT2D eigenvalue weighted by Crippen LogP contribution is -2.33. The number of nitrogens with zero attached hydrogens (tertiary/aromatic N) is 1. The third-order valence-corrected chi connectivity index (χ3v) is 4.56. The van der Waals surface area contributed by atoms with Crippen molar-refractivity contribution in [1.82, 2.24) is 4.90 Å². The van der Waals surface area contributed by atoms with E-state index in [1.807, 2.05) is 0 Å². The first-order valence-corrected chi connectivity index (χ1v) is 8.62. The van der Waals surface area contributed by atoms with E-state index in [-0.39, 0.29) is 31.2 Å². The van der Waals surface area contributed by atoms with Crippen LogP contribution in [0.25, 0.3) is 0 Å². The van der Waals surface area contributed by atoms with Crippen LogP contribution in [-0.4, -0.2) is 34.5 Å². The molecule has 5 nitrogen and oxygen atoms in total. The standard InChI is InChI=1S/C20H20F2N2O3/c1-12(25)23-15-5-2-13(3-6-15)8-20(27)24-11-16(26)10-19(24)14-4-7-17(21)18(22)9-14/h2-7,9,16,19,26H,8,10-11H2,1H3,(H,23,25)/t16-,19-/m1/s1. The van der Waals surface area contributed by atoms with Crippen LogP contribution in [0.1, 0.15) is 30.5 Å². The number of likely N-dealkylation sites (tertiary alicyclic amines) is 1. The second-order valence-corrected chi connectivity index (χ2v) is 6.68. The van der Waals surface area contributed by atoms with Crippen LogP contribution in [0.4, 0.5) is 14.5 Å². The van der Waals surface area contributed by atoms with E-state index in [2.05, 4.69) is 5.32 Å². The highest BCUT2D eigenvalue weighted by molar-refractivity contribution is 5.88. The monoisotopic (exact) mass is 374 g/mol. The third-order valence-electron chi connectivity index (χ3n) is 4.56. The van der Waals surface area contributed by atoms with Gasteiger partial charge in [-0.1, -0.05) is 18.2 Å². The normalized spacial score (nSPS) is 19.2. The summed E-state index contributed by atoms with van der Waals surface area (Å²) in [6, 6.07) is 9.92. The van der Waals surface area contributed by atoms with Crippen molar-refractivity contribution in [2.45, 2.75) is 31.9 Å². The lowest BCUT2D eigenvalue weighted by Gasteiger charge is -2.25. The molecule has 0 aliphatic carbocycles. The number of rotatable bonds is 4. The minimum atomic E-state index is -0.977. The van der Waals surface area contributed by atoms with E-state index in [0.717, 1.165) is 17.7 Å². The number of nitrogens with one attached hydrogen (secondary N) is 1. The smallest absolute Gasteiger partial charge is 0.227 e. The molecular formula is C20H20F2N2O3. The van der Waals surface area contributed by atoms with Crippen molar-refractivity contribution in [3.63, 3.8) is 0 Å². The topological polar surface area (TPSA) is 69.6 Å². The Labute approximate surface area is 155 Å². The van der Waals surface area contributed by atoms with Crippen molar-refractivity contribution in [2.24, 2.45) is 0 Å². The Hall–Kier alpha value is -2.80. The molecule has 0 radical (unpaired) electrons. The number of carbonyl (C=O) groups excluding carboxylic acids is 2. The fraction of sp³-hybridized carbons (Fsp3) is 0.300. The van der Waals surface area contributed by atoms with Crippen molar-refractivity contribution in [3.8, 4) is 0 Å². The molecule has 0 unspecified atom stereocenters. The number of hydrogen-bond donors (Lipinski definition) is 2. The molecule has 1 aliphatic heterocycles. The van der Waals surface area contributed by atoms with Crippen molar-refractivity contribution in [1.29, 1.82) is 0 Å². The molecule has 0 bridgehead atoms. The molecule has 1 aliphatic rings. The average Bonchev–Trinajstić information content (AvgIpc) is 3.00. The molecular weight excluding hydrogens is 354 g/mol. The van der Waals surface area contributed by atoms with Gasteiger partial charge in [0.2, 0.25) is 11.8 Å². The number of benzene rings is 2. The van der Waals surface area contributed by atoms with Crippen LogP contribution in [0.15, 0.2) is 42.5 Å². The molecule has 1 fully saturated rings. The summed E-state index contributed by atoms with van der Waals surface area (Å²) < 4.78 is 26.7. The SMILES string of the molecule is CC(=O)Nc1ccc(CC(=O)N2C[C@H](O)C[C@@H]2c2ccc(F)c(F)c2)cc1. The van der Waals surface area contributed by atoms with E-state index in [9.17, 15) is 23.5 Å². The van der Waals surface area contributed by atoms with E-state index < -0.39 is 23.8 Å². The fourth-order valence-electron chi connectivity index (χ4n) is 3.31. The van der Waals surface area contributed by atoms with Gasteiger partial charge in [-0.15, -0.1) is 0 Å². The van der Waals surface area contributed by atoms with Crippen molar-refractivity contribution in [3.05, 3.63) is 65.2 Å². The highest BCUT2D eigenvalue weighted by Crippen LogP contribution is 2.33. The molecule has 1 saturated heterocycles. The van der Waals surface area contributed by atoms with Gasteiger partial charge in [-0.3, -0.25) is 9.59 Å². The molecule has 2 atom stereocenters. The summed E-state index contributed by atoms with van der Waals surface area (Å²) in [5.41, 5.74) is 1.84. The zero-order valence-corrected chi connectivity index (χ0v) is 14.8. The maximum absolute atomic E-state index is 13.6. The number of hydrogen-bond acceptors (Lipinski definition) is 3. The van der Waals surface area contributed by atoms with Gasteiger partial charge in [-0.05, 0) is 41.8 Å². The quantitative estimate of drug-likeness (QED) is 0.865. The largest absolute Gasteiger partial charge is 0.391 e. The molecule has 0 aromatic heterocycles. The Morgan fingerprint density at radius 2 is 1.85 bits per heavy atom. The van der Waals surface area contributed by atoms with Crippen LogP contribution in [-0.2, 0) is 16.0 Å². The molecule has 7 heteroatoms. The molecule has 2 N–H and O–H groups in total. The number of halogens is 2. The number of aliphatic hydroxyl groups is 1. The predicted molar refractivity (Wildman–Crippen MR) is 95.9 cm³/mol. The molecule has 0 spiro atoms. The van der Waals surface area contributed by atoms with Crippen LogP contribution in [0.5, 0.6) is 0 Å². The lowest BCUT2D eigenvalue weighted by atomic mass is 10.0. The Bertz CT molecular complexity index is 855. The Balaban J connectivity index is 1.74. The fourth-order valence-corrected chi connectivity index (χ4v) is 3.31. The van der Waals surface area contributed by atoms with Crippen molar-refractivity contribution < 1.29 is 23.5 Å². The first-order chi connectivity index (χ1) is 12.8. The summed E-state index contributed by atoms with van der Waals surface area (Å²) >= 11 is 0. The Morgan fingerprint density at radius 3 is 2.48 bits per heavy atom.